The number of hydrogen-bond acceptors (Lipinski definition) is 4. The molecule has 3 rings (SSSR count). The first-order valence-corrected chi connectivity index (χ1v) is 9.93. The van der Waals surface area contributed by atoms with Crippen LogP contribution in [0.3, 0.4) is 0 Å². The molecule has 1 fully saturated rings. The maximum absolute atomic E-state index is 11.5. The predicted octanol–water partition coefficient (Wildman–Crippen LogP) is 2.64. The quantitative estimate of drug-likeness (QED) is 0.632. The number of ether oxygens (including phenoxy) is 1. The number of guanidine groups is 1. The molecule has 0 radical (unpaired) electrons. The van der Waals surface area contributed by atoms with Gasteiger partial charge in [-0.1, -0.05) is 24.3 Å². The summed E-state index contributed by atoms with van der Waals surface area (Å²) in [5, 5.41) is 3.01. The molecule has 2 aromatic rings. The second-order valence-electron chi connectivity index (χ2n) is 6.06. The number of rotatable bonds is 5. The van der Waals surface area contributed by atoms with Gasteiger partial charge >= 0.3 is 0 Å². The number of aliphatic imine (C=N–C) groups is 1. The Hall–Kier alpha value is -2.54. The second kappa shape index (κ2) is 7.57. The highest BCUT2D eigenvalue weighted by Crippen LogP contribution is 2.24. The third-order valence-corrected chi connectivity index (χ3v) is 5.77. The van der Waals surface area contributed by atoms with Crippen LogP contribution in [0, 0.1) is 5.92 Å². The van der Waals surface area contributed by atoms with Gasteiger partial charge < -0.3 is 15.8 Å². The van der Waals surface area contributed by atoms with Crippen LogP contribution in [0.15, 0.2) is 59.6 Å². The highest BCUT2D eigenvalue weighted by atomic mass is 32.2. The molecule has 1 saturated heterocycles. The molecule has 2 aromatic carbocycles. The van der Waals surface area contributed by atoms with Gasteiger partial charge in [0.15, 0.2) is 15.8 Å². The third-order valence-electron chi connectivity index (χ3n) is 3.93. The first kappa shape index (κ1) is 17.3. The molecule has 3 N–H and O–H groups in total. The number of nitrogens with zero attached hydrogens (tertiary/aromatic N) is 1. The summed E-state index contributed by atoms with van der Waals surface area (Å²) in [4.78, 5) is 4.26. The molecule has 0 aromatic heterocycles. The van der Waals surface area contributed by atoms with E-state index in [9.17, 15) is 8.42 Å². The minimum absolute atomic E-state index is 0.0538. The number of para-hydroxylation sites is 1. The van der Waals surface area contributed by atoms with E-state index in [0.29, 0.717) is 18.7 Å². The summed E-state index contributed by atoms with van der Waals surface area (Å²) in [6.07, 6.45) is 0.652. The molecular weight excluding hydrogens is 338 g/mol. The molecule has 0 spiro atoms. The van der Waals surface area contributed by atoms with Gasteiger partial charge in [0.2, 0.25) is 0 Å². The van der Waals surface area contributed by atoms with E-state index >= 15 is 0 Å². The number of anilines is 1. The summed E-state index contributed by atoms with van der Waals surface area (Å²) in [7, 11) is -2.88. The van der Waals surface area contributed by atoms with Gasteiger partial charge in [-0.25, -0.2) is 8.42 Å². The largest absolute Gasteiger partial charge is 0.457 e. The van der Waals surface area contributed by atoms with Gasteiger partial charge in [0, 0.05) is 18.3 Å². The average Bonchev–Trinajstić information content (AvgIpc) is 2.93. The molecule has 0 bridgehead atoms. The lowest BCUT2D eigenvalue weighted by atomic mass is 10.1. The van der Waals surface area contributed by atoms with Gasteiger partial charge in [0.25, 0.3) is 0 Å². The molecule has 1 aliphatic heterocycles. The summed E-state index contributed by atoms with van der Waals surface area (Å²) in [6, 6.07) is 16.9. The van der Waals surface area contributed by atoms with Crippen molar-refractivity contribution >= 4 is 21.5 Å². The molecule has 6 nitrogen and oxygen atoms in total. The lowest BCUT2D eigenvalue weighted by Crippen LogP contribution is -2.24. The highest BCUT2D eigenvalue weighted by molar-refractivity contribution is 7.91. The number of benzene rings is 2. The molecule has 1 aliphatic rings. The van der Waals surface area contributed by atoms with Crippen LogP contribution in [0.1, 0.15) is 6.42 Å². The van der Waals surface area contributed by atoms with E-state index in [4.69, 9.17) is 10.5 Å². The Bertz CT molecular complexity index is 851. The van der Waals surface area contributed by atoms with Crippen molar-refractivity contribution < 1.29 is 13.2 Å². The average molecular weight is 359 g/mol. The van der Waals surface area contributed by atoms with E-state index in [1.807, 2.05) is 54.6 Å². The summed E-state index contributed by atoms with van der Waals surface area (Å²) in [5.41, 5.74) is 6.66. The number of hydrogen-bond donors (Lipinski definition) is 2. The first-order chi connectivity index (χ1) is 12.0. The monoisotopic (exact) mass is 359 g/mol. The van der Waals surface area contributed by atoms with Gasteiger partial charge in [-0.05, 0) is 36.6 Å². The van der Waals surface area contributed by atoms with Crippen LogP contribution >= 0.6 is 0 Å². The fourth-order valence-electron chi connectivity index (χ4n) is 2.69. The van der Waals surface area contributed by atoms with Crippen molar-refractivity contribution in [2.45, 2.75) is 6.42 Å². The fraction of sp³-hybridized carbons (Fsp3) is 0.278. The van der Waals surface area contributed by atoms with E-state index in [-0.39, 0.29) is 23.4 Å². The van der Waals surface area contributed by atoms with Crippen LogP contribution in [0.5, 0.6) is 11.5 Å². The third kappa shape index (κ3) is 5.22. The summed E-state index contributed by atoms with van der Waals surface area (Å²) in [6.45, 7) is 0.415. The molecule has 1 heterocycles. The predicted molar refractivity (Wildman–Crippen MR) is 99.8 cm³/mol. The van der Waals surface area contributed by atoms with Gasteiger partial charge in [-0.2, -0.15) is 0 Å². The Morgan fingerprint density at radius 1 is 1.16 bits per heavy atom. The van der Waals surface area contributed by atoms with E-state index in [1.54, 1.807) is 0 Å². The smallest absolute Gasteiger partial charge is 0.193 e. The zero-order chi connectivity index (χ0) is 17.7. The molecular formula is C18H21N3O3S. The van der Waals surface area contributed by atoms with Crippen LogP contribution in [0.4, 0.5) is 5.69 Å². The lowest BCUT2D eigenvalue weighted by Gasteiger charge is -2.10. The van der Waals surface area contributed by atoms with E-state index in [2.05, 4.69) is 10.3 Å². The summed E-state index contributed by atoms with van der Waals surface area (Å²) in [5.74, 6) is 2.21. The first-order valence-electron chi connectivity index (χ1n) is 8.10. The molecule has 0 aliphatic carbocycles. The maximum Gasteiger partial charge on any atom is 0.193 e. The Kier molecular flexibility index (Phi) is 5.23. The zero-order valence-corrected chi connectivity index (χ0v) is 14.6. The summed E-state index contributed by atoms with van der Waals surface area (Å²) < 4.78 is 28.7. The second-order valence-corrected chi connectivity index (χ2v) is 8.29. The molecule has 7 heteroatoms. The van der Waals surface area contributed by atoms with Crippen molar-refractivity contribution in [3.05, 3.63) is 54.6 Å². The van der Waals surface area contributed by atoms with Gasteiger partial charge in [-0.15, -0.1) is 0 Å². The molecule has 132 valence electrons. The minimum Gasteiger partial charge on any atom is -0.457 e. The van der Waals surface area contributed by atoms with E-state index < -0.39 is 9.84 Å². The minimum atomic E-state index is -2.88. The number of nitrogens with one attached hydrogen (secondary N) is 1. The van der Waals surface area contributed by atoms with Crippen molar-refractivity contribution in [2.75, 3.05) is 23.4 Å². The Morgan fingerprint density at radius 3 is 2.64 bits per heavy atom. The SMILES string of the molecule is NC(=NCC1CCS(=O)(=O)C1)Nc1cccc(Oc2ccccc2)c1. The van der Waals surface area contributed by atoms with Crippen LogP contribution in [-0.2, 0) is 9.84 Å². The zero-order valence-electron chi connectivity index (χ0n) is 13.8. The van der Waals surface area contributed by atoms with Crippen molar-refractivity contribution in [3.63, 3.8) is 0 Å². The highest BCUT2D eigenvalue weighted by Gasteiger charge is 2.27. The van der Waals surface area contributed by atoms with Gasteiger partial charge in [0.1, 0.15) is 11.5 Å². The van der Waals surface area contributed by atoms with Crippen molar-refractivity contribution in [3.8, 4) is 11.5 Å². The van der Waals surface area contributed by atoms with E-state index in [1.165, 1.54) is 0 Å². The Balaban J connectivity index is 1.58. The molecule has 0 amide bonds. The number of nitrogens with two attached hydrogens (primary N) is 1. The van der Waals surface area contributed by atoms with Crippen molar-refractivity contribution in [1.82, 2.24) is 0 Å². The fourth-order valence-corrected chi connectivity index (χ4v) is 4.54. The molecule has 0 saturated carbocycles. The lowest BCUT2D eigenvalue weighted by molar-refractivity contribution is 0.483. The van der Waals surface area contributed by atoms with Gasteiger partial charge in [-0.3, -0.25) is 4.99 Å². The summed E-state index contributed by atoms with van der Waals surface area (Å²) >= 11 is 0. The number of sulfone groups is 1. The van der Waals surface area contributed by atoms with E-state index in [0.717, 1.165) is 11.4 Å². The standard InChI is InChI=1S/C18H21N3O3S/c19-18(20-12-14-9-10-25(22,23)13-14)21-15-5-4-8-17(11-15)24-16-6-2-1-3-7-16/h1-8,11,14H,9-10,12-13H2,(H3,19,20,21). The van der Waals surface area contributed by atoms with Crippen molar-refractivity contribution in [2.24, 2.45) is 16.6 Å². The topological polar surface area (TPSA) is 93.8 Å². The molecule has 1 atom stereocenters. The van der Waals surface area contributed by atoms with Crippen LogP contribution < -0.4 is 15.8 Å². The Morgan fingerprint density at radius 2 is 1.92 bits per heavy atom. The maximum atomic E-state index is 11.5. The van der Waals surface area contributed by atoms with Gasteiger partial charge in [0.05, 0.1) is 11.5 Å². The Labute approximate surface area is 147 Å². The van der Waals surface area contributed by atoms with Crippen LogP contribution in [0.25, 0.3) is 0 Å². The molecule has 1 unspecified atom stereocenters. The van der Waals surface area contributed by atoms with Crippen LogP contribution in [0.2, 0.25) is 0 Å². The van der Waals surface area contributed by atoms with Crippen LogP contribution in [-0.4, -0.2) is 32.4 Å². The normalized spacial score (nSPS) is 19.5. The molecule has 25 heavy (non-hydrogen) atoms. The van der Waals surface area contributed by atoms with Crippen molar-refractivity contribution in [1.29, 1.82) is 0 Å².